The van der Waals surface area contributed by atoms with Crippen molar-refractivity contribution < 1.29 is 30.3 Å². The summed E-state index contributed by atoms with van der Waals surface area (Å²) in [5, 5.41) is 9.55. The summed E-state index contributed by atoms with van der Waals surface area (Å²) in [5.41, 5.74) is 8.48. The number of carbonyl (C=O) groups is 2. The maximum Gasteiger partial charge on any atom is 0.356 e. The number of ether oxygens (including phenoxy) is 3. The summed E-state index contributed by atoms with van der Waals surface area (Å²) in [6, 6.07) is 3.44. The topological polar surface area (TPSA) is 125 Å². The maximum atomic E-state index is 13.4. The molecule has 0 spiro atoms. The molecule has 4 rings (SSSR count). The van der Waals surface area contributed by atoms with Crippen molar-refractivity contribution in [3.05, 3.63) is 53.2 Å². The molecule has 1 saturated heterocycles. The molecule has 37 heavy (non-hydrogen) atoms. The molecule has 3 aliphatic heterocycles. The lowest BCUT2D eigenvalue weighted by molar-refractivity contribution is -0.177. The molecule has 0 saturated carbocycles. The van der Waals surface area contributed by atoms with E-state index in [-0.39, 0.29) is 26.5 Å². The molecule has 1 aromatic rings. The highest BCUT2D eigenvalue weighted by Gasteiger charge is 2.40. The number of nitrogens with zero attached hydrogens (tertiary/aromatic N) is 3. The second-order valence-corrected chi connectivity index (χ2v) is 9.31. The number of hydrogen-bond acceptors (Lipinski definition) is 10. The van der Waals surface area contributed by atoms with Crippen molar-refractivity contribution in [1.82, 2.24) is 15.8 Å². The van der Waals surface area contributed by atoms with Gasteiger partial charge in [-0.2, -0.15) is 0 Å². The van der Waals surface area contributed by atoms with Crippen molar-refractivity contribution in [3.8, 4) is 0 Å². The van der Waals surface area contributed by atoms with Crippen LogP contribution in [0, 0.1) is 0 Å². The van der Waals surface area contributed by atoms with Crippen LogP contribution in [-0.4, -0.2) is 67.2 Å². The van der Waals surface area contributed by atoms with Crippen LogP contribution < -0.4 is 20.7 Å². The molecule has 2 bridgehead atoms. The summed E-state index contributed by atoms with van der Waals surface area (Å²) in [5.74, 6) is -0.877. The van der Waals surface area contributed by atoms with Gasteiger partial charge in [-0.25, -0.2) is 9.78 Å². The molecule has 1 aromatic heterocycles. The summed E-state index contributed by atoms with van der Waals surface area (Å²) >= 11 is 0. The lowest BCUT2D eigenvalue weighted by atomic mass is 10.1. The van der Waals surface area contributed by atoms with Crippen LogP contribution in [0.15, 0.2) is 47.5 Å². The van der Waals surface area contributed by atoms with Crippen LogP contribution in [0.2, 0.25) is 0 Å². The molecule has 1 amide bonds. The quantitative estimate of drug-likeness (QED) is 0.195. The maximum absolute atomic E-state index is 13.4. The normalized spacial score (nSPS) is 18.5. The van der Waals surface area contributed by atoms with E-state index in [9.17, 15) is 14.7 Å². The van der Waals surface area contributed by atoms with Gasteiger partial charge in [-0.15, -0.1) is 0 Å². The van der Waals surface area contributed by atoms with E-state index in [1.807, 2.05) is 19.1 Å². The summed E-state index contributed by atoms with van der Waals surface area (Å²) < 4.78 is 15.7. The van der Waals surface area contributed by atoms with Crippen molar-refractivity contribution in [2.24, 2.45) is 0 Å². The van der Waals surface area contributed by atoms with Crippen LogP contribution >= 0.6 is 0 Å². The van der Waals surface area contributed by atoms with E-state index in [0.29, 0.717) is 31.3 Å². The minimum absolute atomic E-state index is 0. The van der Waals surface area contributed by atoms with Crippen molar-refractivity contribution in [3.63, 3.8) is 0 Å². The van der Waals surface area contributed by atoms with E-state index in [0.717, 1.165) is 36.5 Å². The third kappa shape index (κ3) is 6.60. The van der Waals surface area contributed by atoms with Gasteiger partial charge in [0.25, 0.3) is 5.91 Å². The molecule has 0 radical (unpaired) electrons. The molecular formula is C26H39N5O6. The number of anilines is 2. The number of amides is 1. The fourth-order valence-corrected chi connectivity index (χ4v) is 4.29. The van der Waals surface area contributed by atoms with Gasteiger partial charge in [-0.05, 0) is 51.0 Å². The van der Waals surface area contributed by atoms with E-state index in [4.69, 9.17) is 14.2 Å². The highest BCUT2D eigenvalue weighted by atomic mass is 16.6. The number of hydrogen-bond donors (Lipinski definition) is 3. The Bertz CT molecular complexity index is 1110. The third-order valence-corrected chi connectivity index (χ3v) is 6.07. The highest BCUT2D eigenvalue weighted by molar-refractivity contribution is 6.05. The zero-order valence-electron chi connectivity index (χ0n) is 21.0. The summed E-state index contributed by atoms with van der Waals surface area (Å²) in [7, 11) is 1.31. The Hall–Kier alpha value is -3.57. The summed E-state index contributed by atoms with van der Waals surface area (Å²) in [6.45, 7) is 7.37. The number of aromatic nitrogens is 1. The van der Waals surface area contributed by atoms with Gasteiger partial charge in [0.15, 0.2) is 17.3 Å². The van der Waals surface area contributed by atoms with Gasteiger partial charge in [0, 0.05) is 33.1 Å². The second kappa shape index (κ2) is 11.7. The first-order valence-electron chi connectivity index (χ1n) is 12.0. The van der Waals surface area contributed by atoms with Gasteiger partial charge in [0.1, 0.15) is 0 Å². The third-order valence-electron chi connectivity index (χ3n) is 6.07. The largest absolute Gasteiger partial charge is 0.478 e. The number of methoxy groups -OCH3 is 1. The van der Waals surface area contributed by atoms with Crippen LogP contribution in [0.3, 0.4) is 0 Å². The number of fused-ring (bicyclic) bond motifs is 4. The van der Waals surface area contributed by atoms with Crippen LogP contribution in [-0.2, 0) is 19.0 Å². The Morgan fingerprint density at radius 1 is 1.27 bits per heavy atom. The first-order valence-corrected chi connectivity index (χ1v) is 12.0. The standard InChI is InChI=1S/C25H33N5O6.CH4.H2/c1-16(18-7-9-21(28-27-18)35-12-5-13-36-25(2,3)33)14-22(31)30-17-10-11-29(15-17)20-8-6-19(24(32)34-4)26-23(20)30;;/h6-9,14,17,27-28,33H,5,10-13,15H2,1-4H3;1H4;1H. The van der Waals surface area contributed by atoms with E-state index in [2.05, 4.69) is 20.7 Å². The van der Waals surface area contributed by atoms with E-state index < -0.39 is 11.8 Å². The number of esters is 1. The highest BCUT2D eigenvalue weighted by Crippen LogP contribution is 2.39. The molecule has 1 atom stereocenters. The summed E-state index contributed by atoms with van der Waals surface area (Å²) in [4.78, 5) is 33.8. The van der Waals surface area contributed by atoms with Crippen molar-refractivity contribution >= 4 is 23.4 Å². The number of rotatable bonds is 9. The molecular weight excluding hydrogens is 478 g/mol. The predicted octanol–water partition coefficient (Wildman–Crippen LogP) is 2.61. The minimum atomic E-state index is -1.16. The molecule has 3 N–H and O–H groups in total. The van der Waals surface area contributed by atoms with Gasteiger partial charge in [-0.3, -0.25) is 20.5 Å². The van der Waals surface area contributed by atoms with E-state index >= 15 is 0 Å². The molecule has 1 fully saturated rings. The molecule has 1 unspecified atom stereocenters. The zero-order chi connectivity index (χ0) is 25.9. The average molecular weight is 518 g/mol. The van der Waals surface area contributed by atoms with Crippen molar-refractivity contribution in [1.29, 1.82) is 0 Å². The minimum Gasteiger partial charge on any atom is -0.478 e. The number of nitrogens with one attached hydrogen (secondary N) is 2. The first kappa shape index (κ1) is 28.0. The van der Waals surface area contributed by atoms with Gasteiger partial charge >= 0.3 is 5.97 Å². The molecule has 4 heterocycles. The Labute approximate surface area is 219 Å². The number of aliphatic hydroxyl groups is 1. The molecule has 3 aliphatic rings. The predicted molar refractivity (Wildman–Crippen MR) is 142 cm³/mol. The number of pyridine rings is 1. The molecule has 11 nitrogen and oxygen atoms in total. The fraction of sp³-hybridized carbons (Fsp3) is 0.500. The number of carbonyl (C=O) groups excluding carboxylic acids is 2. The first-order chi connectivity index (χ1) is 17.2. The zero-order valence-corrected chi connectivity index (χ0v) is 21.0. The average Bonchev–Trinajstić information content (AvgIpc) is 3.26. The van der Waals surface area contributed by atoms with Gasteiger partial charge in [-0.1, -0.05) is 7.43 Å². The molecule has 11 heteroatoms. The molecule has 0 aromatic carbocycles. The van der Waals surface area contributed by atoms with Crippen molar-refractivity contribution in [2.45, 2.75) is 52.9 Å². The lowest BCUT2D eigenvalue weighted by Gasteiger charge is -2.35. The van der Waals surface area contributed by atoms with Gasteiger partial charge in [0.2, 0.25) is 5.88 Å². The van der Waals surface area contributed by atoms with Crippen LogP contribution in [0.4, 0.5) is 11.5 Å². The van der Waals surface area contributed by atoms with Crippen LogP contribution in [0.1, 0.15) is 53.0 Å². The molecule has 204 valence electrons. The van der Waals surface area contributed by atoms with E-state index in [1.54, 1.807) is 37.0 Å². The Balaban J connectivity index is 0.00000253. The smallest absolute Gasteiger partial charge is 0.356 e. The SMILES string of the molecule is C.COC(=O)c1ccc2c(n1)N(C(=O)C=C(C)C1=CC=C(OCCCOC(C)(C)O)NN1)C1CCN2C1.[HH]. The Morgan fingerprint density at radius 2 is 2.05 bits per heavy atom. The number of allylic oxidation sites excluding steroid dienone is 3. The van der Waals surface area contributed by atoms with Crippen LogP contribution in [0.25, 0.3) is 0 Å². The van der Waals surface area contributed by atoms with Crippen molar-refractivity contribution in [2.75, 3.05) is 43.2 Å². The lowest BCUT2D eigenvalue weighted by Crippen LogP contribution is -2.46. The number of hydrazine groups is 1. The summed E-state index contributed by atoms with van der Waals surface area (Å²) in [6.07, 6.45) is 6.62. The Kier molecular flexibility index (Phi) is 8.82. The van der Waals surface area contributed by atoms with Crippen LogP contribution in [0.5, 0.6) is 0 Å². The molecule has 0 aliphatic carbocycles. The van der Waals surface area contributed by atoms with E-state index in [1.165, 1.54) is 7.11 Å². The second-order valence-electron chi connectivity index (χ2n) is 9.31. The fourth-order valence-electron chi connectivity index (χ4n) is 4.29. The Morgan fingerprint density at radius 3 is 2.73 bits per heavy atom. The monoisotopic (exact) mass is 517 g/mol. The van der Waals surface area contributed by atoms with Gasteiger partial charge < -0.3 is 24.2 Å². The van der Waals surface area contributed by atoms with Gasteiger partial charge in [0.05, 0.1) is 37.7 Å².